The summed E-state index contributed by atoms with van der Waals surface area (Å²) in [4.78, 5) is 5.13. The topological polar surface area (TPSA) is 49.7 Å². The van der Waals surface area contributed by atoms with Gasteiger partial charge in [0.1, 0.15) is 0 Å². The highest BCUT2D eigenvalue weighted by Crippen LogP contribution is 2.43. The summed E-state index contributed by atoms with van der Waals surface area (Å²) in [5.74, 6) is 0.147. The fourth-order valence-electron chi connectivity index (χ4n) is 1.48. The van der Waals surface area contributed by atoms with E-state index in [1.807, 2.05) is 13.0 Å². The van der Waals surface area contributed by atoms with Crippen molar-refractivity contribution in [3.8, 4) is 0 Å². The Morgan fingerprint density at radius 2 is 2.36 bits per heavy atom. The second kappa shape index (κ2) is 2.94. The van der Waals surface area contributed by atoms with Crippen LogP contribution in [0, 0.1) is 0 Å². The van der Waals surface area contributed by atoms with Crippen LogP contribution < -0.4 is 0 Å². The summed E-state index contributed by atoms with van der Waals surface area (Å²) in [7, 11) is -3.23. The zero-order valence-corrected chi connectivity index (χ0v) is 9.10. The van der Waals surface area contributed by atoms with Crippen molar-refractivity contribution in [1.29, 1.82) is 0 Å². The van der Waals surface area contributed by atoms with E-state index in [4.69, 9.17) is 4.84 Å². The SMILES string of the molecule is CC1=C=CCCCS(=O)(=O)N2OC12C. The smallest absolute Gasteiger partial charge is 0.239 e. The first-order chi connectivity index (χ1) is 6.47. The fourth-order valence-corrected chi connectivity index (χ4v) is 3.10. The lowest BCUT2D eigenvalue weighted by atomic mass is 10.1. The lowest BCUT2D eigenvalue weighted by molar-refractivity contribution is 0.270. The minimum atomic E-state index is -3.23. The Hall–Kier alpha value is -0.610. The van der Waals surface area contributed by atoms with Crippen LogP contribution in [0.4, 0.5) is 0 Å². The summed E-state index contributed by atoms with van der Waals surface area (Å²) in [5.41, 5.74) is 3.08. The van der Waals surface area contributed by atoms with E-state index in [0.29, 0.717) is 6.42 Å². The van der Waals surface area contributed by atoms with E-state index in [2.05, 4.69) is 5.73 Å². The molecule has 0 radical (unpaired) electrons. The van der Waals surface area contributed by atoms with Crippen LogP contribution in [0.25, 0.3) is 0 Å². The Morgan fingerprint density at radius 1 is 1.64 bits per heavy atom. The van der Waals surface area contributed by atoms with Crippen LogP contribution >= 0.6 is 0 Å². The quantitative estimate of drug-likeness (QED) is 0.450. The second-order valence-electron chi connectivity index (χ2n) is 3.73. The number of sulfonamides is 1. The molecular weight excluding hydrogens is 202 g/mol. The van der Waals surface area contributed by atoms with Crippen molar-refractivity contribution in [3.05, 3.63) is 17.4 Å². The molecule has 0 saturated carbocycles. The van der Waals surface area contributed by atoms with Crippen LogP contribution in [0.15, 0.2) is 17.4 Å². The van der Waals surface area contributed by atoms with Crippen LogP contribution in [-0.4, -0.2) is 24.4 Å². The molecule has 2 heterocycles. The van der Waals surface area contributed by atoms with Gasteiger partial charge in [0.15, 0.2) is 0 Å². The predicted molar refractivity (Wildman–Crippen MR) is 51.6 cm³/mol. The lowest BCUT2D eigenvalue weighted by Crippen LogP contribution is -2.23. The van der Waals surface area contributed by atoms with E-state index in [0.717, 1.165) is 16.5 Å². The Kier molecular flexibility index (Phi) is 2.08. The second-order valence-corrected chi connectivity index (χ2v) is 5.64. The molecule has 0 aromatic carbocycles. The van der Waals surface area contributed by atoms with Gasteiger partial charge in [0.05, 0.1) is 5.75 Å². The first kappa shape index (κ1) is 9.93. The Labute approximate surface area is 83.9 Å². The predicted octanol–water partition coefficient (Wildman–Crippen LogP) is 1.17. The molecule has 2 unspecified atom stereocenters. The van der Waals surface area contributed by atoms with Crippen LogP contribution in [0.3, 0.4) is 0 Å². The van der Waals surface area contributed by atoms with E-state index >= 15 is 0 Å². The maximum absolute atomic E-state index is 11.6. The third kappa shape index (κ3) is 1.42. The molecule has 1 fully saturated rings. The molecule has 0 aromatic heterocycles. The van der Waals surface area contributed by atoms with Crippen molar-refractivity contribution in [2.24, 2.45) is 0 Å². The van der Waals surface area contributed by atoms with Crippen molar-refractivity contribution in [2.45, 2.75) is 32.4 Å². The summed E-state index contributed by atoms with van der Waals surface area (Å²) in [6.45, 7) is 3.57. The largest absolute Gasteiger partial charge is 0.250 e. The van der Waals surface area contributed by atoms with Gasteiger partial charge in [0.2, 0.25) is 15.7 Å². The van der Waals surface area contributed by atoms with Gasteiger partial charge in [-0.05, 0) is 37.2 Å². The van der Waals surface area contributed by atoms with E-state index in [-0.39, 0.29) is 5.75 Å². The fraction of sp³-hybridized carbons (Fsp3) is 0.667. The van der Waals surface area contributed by atoms with Crippen molar-refractivity contribution in [1.82, 2.24) is 4.47 Å². The highest BCUT2D eigenvalue weighted by atomic mass is 32.2. The molecule has 0 amide bonds. The van der Waals surface area contributed by atoms with Gasteiger partial charge < -0.3 is 0 Å². The summed E-state index contributed by atoms with van der Waals surface area (Å²) in [6.07, 6.45) is 3.25. The highest BCUT2D eigenvalue weighted by molar-refractivity contribution is 7.89. The number of hydroxylamine groups is 1. The summed E-state index contributed by atoms with van der Waals surface area (Å²) in [5, 5.41) is 0. The van der Waals surface area contributed by atoms with Crippen LogP contribution in [-0.2, 0) is 14.9 Å². The molecule has 2 aliphatic rings. The van der Waals surface area contributed by atoms with Crippen molar-refractivity contribution >= 4 is 10.0 Å². The molecule has 2 atom stereocenters. The average Bonchev–Trinajstić information content (AvgIpc) is 2.78. The summed E-state index contributed by atoms with van der Waals surface area (Å²) in [6, 6.07) is 0. The first-order valence-corrected chi connectivity index (χ1v) is 6.22. The number of fused-ring (bicyclic) bond motifs is 1. The number of hydrogen-bond acceptors (Lipinski definition) is 3. The van der Waals surface area contributed by atoms with Gasteiger partial charge in [-0.3, -0.25) is 4.84 Å². The lowest BCUT2D eigenvalue weighted by Gasteiger charge is -2.03. The minimum Gasteiger partial charge on any atom is -0.250 e. The third-order valence-corrected chi connectivity index (χ3v) is 4.33. The Balaban J connectivity index is 2.40. The van der Waals surface area contributed by atoms with Gasteiger partial charge in [0.25, 0.3) is 0 Å². The maximum atomic E-state index is 11.6. The van der Waals surface area contributed by atoms with Crippen molar-refractivity contribution < 1.29 is 13.3 Å². The summed E-state index contributed by atoms with van der Waals surface area (Å²) < 4.78 is 24.4. The molecule has 0 aromatic rings. The molecular formula is C9H13NO3S. The molecule has 5 heteroatoms. The van der Waals surface area contributed by atoms with Crippen LogP contribution in [0.1, 0.15) is 26.7 Å². The normalized spacial score (nSPS) is 40.1. The van der Waals surface area contributed by atoms with Gasteiger partial charge in [-0.1, -0.05) is 0 Å². The Morgan fingerprint density at radius 3 is 3.07 bits per heavy atom. The van der Waals surface area contributed by atoms with Crippen molar-refractivity contribution in [2.75, 3.05) is 5.75 Å². The van der Waals surface area contributed by atoms with Gasteiger partial charge in [0, 0.05) is 5.57 Å². The maximum Gasteiger partial charge on any atom is 0.239 e. The standard InChI is InChI=1S/C9H13NO3S/c1-8-6-4-3-5-7-14(11,12)10-9(8,2)13-10/h4H,3,5,7H2,1-2H3. The molecule has 0 spiro atoms. The van der Waals surface area contributed by atoms with Crippen LogP contribution in [0.5, 0.6) is 0 Å². The zero-order chi connectivity index (χ0) is 10.4. The third-order valence-electron chi connectivity index (χ3n) is 2.59. The molecule has 1 saturated heterocycles. The molecule has 14 heavy (non-hydrogen) atoms. The molecule has 2 rings (SSSR count). The van der Waals surface area contributed by atoms with E-state index in [1.165, 1.54) is 0 Å². The number of nitrogens with zero attached hydrogens (tertiary/aromatic N) is 1. The molecule has 4 nitrogen and oxygen atoms in total. The zero-order valence-electron chi connectivity index (χ0n) is 8.28. The highest BCUT2D eigenvalue weighted by Gasteiger charge is 2.59. The number of hydrogen-bond donors (Lipinski definition) is 0. The first-order valence-electron chi connectivity index (χ1n) is 4.61. The molecule has 0 N–H and O–H groups in total. The minimum absolute atomic E-state index is 0.147. The van der Waals surface area contributed by atoms with Gasteiger partial charge >= 0.3 is 0 Å². The summed E-state index contributed by atoms with van der Waals surface area (Å²) >= 11 is 0. The van der Waals surface area contributed by atoms with Gasteiger partial charge in [-0.25, -0.2) is 8.42 Å². The average molecular weight is 215 g/mol. The van der Waals surface area contributed by atoms with Crippen LogP contribution in [0.2, 0.25) is 0 Å². The molecule has 0 aliphatic carbocycles. The molecule has 78 valence electrons. The molecule has 0 bridgehead atoms. The van der Waals surface area contributed by atoms with E-state index in [9.17, 15) is 8.42 Å². The van der Waals surface area contributed by atoms with Gasteiger partial charge in [-0.15, -0.1) is 5.73 Å². The molecule has 2 aliphatic heterocycles. The monoisotopic (exact) mass is 215 g/mol. The van der Waals surface area contributed by atoms with E-state index in [1.54, 1.807) is 6.92 Å². The number of rotatable bonds is 0. The van der Waals surface area contributed by atoms with E-state index < -0.39 is 15.7 Å². The van der Waals surface area contributed by atoms with Gasteiger partial charge in [-0.2, -0.15) is 0 Å². The van der Waals surface area contributed by atoms with Crippen molar-refractivity contribution in [3.63, 3.8) is 0 Å². The Bertz CT molecular complexity index is 419.